The van der Waals surface area contributed by atoms with Gasteiger partial charge in [-0.2, -0.15) is 0 Å². The Bertz CT molecular complexity index is 2210. The van der Waals surface area contributed by atoms with Crippen LogP contribution in [0.4, 0.5) is 17.1 Å². The molecule has 0 aliphatic carbocycles. The average molecular weight is 628 g/mol. The van der Waals surface area contributed by atoms with Crippen LogP contribution in [0.15, 0.2) is 213 Å². The number of allylic oxidation sites excluding steroid dienone is 4. The Morgan fingerprint density at radius 3 is 1.18 bits per heavy atom. The third kappa shape index (κ3) is 6.98. The van der Waals surface area contributed by atoms with Crippen molar-refractivity contribution in [2.45, 2.75) is 0 Å². The molecule has 0 fully saturated rings. The first-order valence-corrected chi connectivity index (χ1v) is 16.6. The Labute approximate surface area is 290 Å². The lowest BCUT2D eigenvalue weighted by molar-refractivity contribution is 1.28. The number of hydrogen-bond donors (Lipinski definition) is 0. The van der Waals surface area contributed by atoms with Crippen LogP contribution in [0.1, 0.15) is 5.56 Å². The van der Waals surface area contributed by atoms with Crippen LogP contribution in [-0.4, -0.2) is 0 Å². The Hall–Kier alpha value is -6.44. The maximum atomic E-state index is 3.99. The molecule has 7 rings (SSSR count). The maximum absolute atomic E-state index is 3.99. The predicted octanol–water partition coefficient (Wildman–Crippen LogP) is 13.6. The molecule has 0 unspecified atom stereocenters. The monoisotopic (exact) mass is 627 g/mol. The van der Waals surface area contributed by atoms with Crippen molar-refractivity contribution >= 4 is 22.6 Å². The maximum Gasteiger partial charge on any atom is 0.0462 e. The van der Waals surface area contributed by atoms with E-state index in [1.165, 1.54) is 33.4 Å². The summed E-state index contributed by atoms with van der Waals surface area (Å²) in [5, 5.41) is 0. The van der Waals surface area contributed by atoms with E-state index < -0.39 is 0 Å². The number of hydrogen-bond acceptors (Lipinski definition) is 1. The van der Waals surface area contributed by atoms with E-state index in [-0.39, 0.29) is 0 Å². The molecule has 0 aromatic heterocycles. The van der Waals surface area contributed by atoms with Crippen molar-refractivity contribution in [1.82, 2.24) is 0 Å². The minimum absolute atomic E-state index is 1.05. The second-order valence-corrected chi connectivity index (χ2v) is 11.9. The van der Waals surface area contributed by atoms with Gasteiger partial charge in [0.2, 0.25) is 0 Å². The molecule has 234 valence electrons. The standard InChI is InChI=1S/C48H37N/c1-3-13-36(4-2)42-18-11-20-44(34-42)40-24-30-47(31-25-40)49(46-28-22-39(23-29-46)37-14-7-5-8-15-37)48-32-26-41(27-33-48)45-21-12-19-43(35-45)38-16-9-6-10-17-38/h3-35H,1-2H2/b36-13+. The highest BCUT2D eigenvalue weighted by Gasteiger charge is 2.14. The van der Waals surface area contributed by atoms with Gasteiger partial charge in [-0.05, 0) is 104 Å². The highest BCUT2D eigenvalue weighted by molar-refractivity contribution is 5.83. The van der Waals surface area contributed by atoms with Crippen molar-refractivity contribution in [3.63, 3.8) is 0 Å². The zero-order chi connectivity index (χ0) is 33.4. The van der Waals surface area contributed by atoms with E-state index in [4.69, 9.17) is 0 Å². The van der Waals surface area contributed by atoms with Crippen molar-refractivity contribution in [3.05, 3.63) is 219 Å². The van der Waals surface area contributed by atoms with E-state index in [0.29, 0.717) is 0 Å². The molecule has 0 heterocycles. The fourth-order valence-corrected chi connectivity index (χ4v) is 6.28. The molecular formula is C48H37N. The SMILES string of the molecule is C=C/C=C(\C=C)c1cccc(-c2ccc(N(c3ccc(-c4ccccc4)cc3)c3ccc(-c4cccc(-c5ccccc5)c4)cc3)cc2)c1. The van der Waals surface area contributed by atoms with Gasteiger partial charge in [-0.25, -0.2) is 0 Å². The summed E-state index contributed by atoms with van der Waals surface area (Å²) in [5.41, 5.74) is 15.0. The minimum Gasteiger partial charge on any atom is -0.311 e. The highest BCUT2D eigenvalue weighted by Crippen LogP contribution is 2.38. The Morgan fingerprint density at radius 1 is 0.367 bits per heavy atom. The zero-order valence-electron chi connectivity index (χ0n) is 27.4. The number of anilines is 3. The van der Waals surface area contributed by atoms with E-state index in [9.17, 15) is 0 Å². The van der Waals surface area contributed by atoms with Crippen molar-refractivity contribution in [2.24, 2.45) is 0 Å². The molecule has 7 aromatic carbocycles. The summed E-state index contributed by atoms with van der Waals surface area (Å²) in [5.74, 6) is 0. The molecule has 0 aliphatic heterocycles. The summed E-state index contributed by atoms with van der Waals surface area (Å²) in [6.07, 6.45) is 5.66. The van der Waals surface area contributed by atoms with Gasteiger partial charge >= 0.3 is 0 Å². The van der Waals surface area contributed by atoms with Gasteiger partial charge in [-0.15, -0.1) is 0 Å². The van der Waals surface area contributed by atoms with Gasteiger partial charge in [0.25, 0.3) is 0 Å². The van der Waals surface area contributed by atoms with Crippen LogP contribution in [-0.2, 0) is 0 Å². The van der Waals surface area contributed by atoms with Crippen LogP contribution in [0.5, 0.6) is 0 Å². The number of benzene rings is 7. The third-order valence-corrected chi connectivity index (χ3v) is 8.83. The second kappa shape index (κ2) is 14.5. The van der Waals surface area contributed by atoms with Crippen LogP contribution in [0.3, 0.4) is 0 Å². The van der Waals surface area contributed by atoms with E-state index in [0.717, 1.165) is 39.3 Å². The van der Waals surface area contributed by atoms with Gasteiger partial charge in [0.15, 0.2) is 0 Å². The van der Waals surface area contributed by atoms with Crippen LogP contribution in [0.25, 0.3) is 50.1 Å². The smallest absolute Gasteiger partial charge is 0.0462 e. The molecule has 1 nitrogen and oxygen atoms in total. The zero-order valence-corrected chi connectivity index (χ0v) is 27.4. The Balaban J connectivity index is 1.24. The van der Waals surface area contributed by atoms with E-state index in [1.807, 2.05) is 12.2 Å². The topological polar surface area (TPSA) is 3.24 Å². The largest absolute Gasteiger partial charge is 0.311 e. The first kappa shape index (κ1) is 31.2. The summed E-state index contributed by atoms with van der Waals surface area (Å²) in [4.78, 5) is 2.32. The molecule has 0 amide bonds. The molecule has 7 aromatic rings. The second-order valence-electron chi connectivity index (χ2n) is 11.9. The summed E-state index contributed by atoms with van der Waals surface area (Å²) < 4.78 is 0. The molecule has 0 bridgehead atoms. The minimum atomic E-state index is 1.05. The lowest BCUT2D eigenvalue weighted by Crippen LogP contribution is -2.09. The van der Waals surface area contributed by atoms with Crippen LogP contribution >= 0.6 is 0 Å². The van der Waals surface area contributed by atoms with E-state index in [1.54, 1.807) is 6.08 Å². The van der Waals surface area contributed by atoms with Crippen molar-refractivity contribution < 1.29 is 0 Å². The van der Waals surface area contributed by atoms with Crippen molar-refractivity contribution in [2.75, 3.05) is 4.90 Å². The average Bonchev–Trinajstić information content (AvgIpc) is 3.19. The summed E-state index contributed by atoms with van der Waals surface area (Å²) in [7, 11) is 0. The Kier molecular flexibility index (Phi) is 9.25. The van der Waals surface area contributed by atoms with Gasteiger partial charge in [-0.3, -0.25) is 0 Å². The van der Waals surface area contributed by atoms with Gasteiger partial charge in [0.1, 0.15) is 0 Å². The van der Waals surface area contributed by atoms with Gasteiger partial charge in [-0.1, -0.05) is 165 Å². The van der Waals surface area contributed by atoms with Crippen LogP contribution < -0.4 is 4.90 Å². The van der Waals surface area contributed by atoms with Crippen molar-refractivity contribution in [3.8, 4) is 44.5 Å². The van der Waals surface area contributed by atoms with Gasteiger partial charge in [0.05, 0.1) is 0 Å². The molecule has 0 radical (unpaired) electrons. The van der Waals surface area contributed by atoms with Crippen molar-refractivity contribution in [1.29, 1.82) is 0 Å². The third-order valence-electron chi connectivity index (χ3n) is 8.83. The lowest BCUT2D eigenvalue weighted by atomic mass is 9.98. The quantitative estimate of drug-likeness (QED) is 0.136. The molecule has 0 N–H and O–H groups in total. The first-order valence-electron chi connectivity index (χ1n) is 16.6. The molecule has 0 aliphatic rings. The van der Waals surface area contributed by atoms with Crippen LogP contribution in [0, 0.1) is 0 Å². The number of rotatable bonds is 10. The lowest BCUT2D eigenvalue weighted by Gasteiger charge is -2.26. The van der Waals surface area contributed by atoms with Gasteiger partial charge in [0, 0.05) is 17.1 Å². The molecule has 1 heteroatoms. The molecule has 0 saturated carbocycles. The van der Waals surface area contributed by atoms with Gasteiger partial charge < -0.3 is 4.90 Å². The fraction of sp³-hybridized carbons (Fsp3) is 0. The fourth-order valence-electron chi connectivity index (χ4n) is 6.28. The Morgan fingerprint density at radius 2 is 0.735 bits per heavy atom. The number of nitrogens with zero attached hydrogens (tertiary/aromatic N) is 1. The van der Waals surface area contributed by atoms with Crippen LogP contribution in [0.2, 0.25) is 0 Å². The normalized spacial score (nSPS) is 11.1. The summed E-state index contributed by atoms with van der Waals surface area (Å²) in [6, 6.07) is 64.9. The molecule has 0 spiro atoms. The summed E-state index contributed by atoms with van der Waals surface area (Å²) >= 11 is 0. The molecule has 0 saturated heterocycles. The van der Waals surface area contributed by atoms with E-state index in [2.05, 4.69) is 200 Å². The van der Waals surface area contributed by atoms with E-state index >= 15 is 0 Å². The molecular weight excluding hydrogens is 591 g/mol. The predicted molar refractivity (Wildman–Crippen MR) is 211 cm³/mol. The first-order chi connectivity index (χ1) is 24.2. The highest BCUT2D eigenvalue weighted by atomic mass is 15.1. The molecule has 49 heavy (non-hydrogen) atoms. The molecule has 0 atom stereocenters. The summed E-state index contributed by atoms with van der Waals surface area (Å²) in [6.45, 7) is 7.84.